The molecule has 30 heavy (non-hydrogen) atoms. The lowest BCUT2D eigenvalue weighted by molar-refractivity contribution is 0.414. The van der Waals surface area contributed by atoms with E-state index < -0.39 is 0 Å². The van der Waals surface area contributed by atoms with E-state index in [2.05, 4.69) is 30.5 Å². The van der Waals surface area contributed by atoms with E-state index in [-0.39, 0.29) is 0 Å². The monoisotopic (exact) mass is 403 g/mol. The average Bonchev–Trinajstić information content (AvgIpc) is 3.13. The first-order valence-corrected chi connectivity index (χ1v) is 11.0. The Bertz CT molecular complexity index is 1180. The molecule has 0 aliphatic heterocycles. The zero-order chi connectivity index (χ0) is 20.7. The molecule has 1 aliphatic rings. The first-order chi connectivity index (χ1) is 14.7. The van der Waals surface area contributed by atoms with Crippen LogP contribution in [0.25, 0.3) is 16.7 Å². The molecule has 4 aromatic rings. The molecule has 0 amide bonds. The van der Waals surface area contributed by atoms with E-state index in [0.29, 0.717) is 12.5 Å². The predicted molar refractivity (Wildman–Crippen MR) is 118 cm³/mol. The van der Waals surface area contributed by atoms with Crippen molar-refractivity contribution in [1.82, 2.24) is 24.1 Å². The Morgan fingerprint density at radius 1 is 1.00 bits per heavy atom. The van der Waals surface area contributed by atoms with Crippen LogP contribution >= 0.6 is 0 Å². The molecule has 3 heterocycles. The van der Waals surface area contributed by atoms with Gasteiger partial charge >= 0.3 is 0 Å². The number of aromatic nitrogens is 5. The van der Waals surface area contributed by atoms with Crippen LogP contribution in [0.3, 0.4) is 0 Å². The van der Waals surface area contributed by atoms with Gasteiger partial charge in [-0.25, -0.2) is 14.5 Å². The van der Waals surface area contributed by atoms with Crippen molar-refractivity contribution in [2.45, 2.75) is 64.8 Å². The third-order valence-corrected chi connectivity index (χ3v) is 6.63. The summed E-state index contributed by atoms with van der Waals surface area (Å²) in [5.41, 5.74) is 5.73. The molecule has 156 valence electrons. The number of methoxy groups -OCH3 is 1. The summed E-state index contributed by atoms with van der Waals surface area (Å²) in [4.78, 5) is 9.77. The molecule has 5 rings (SSSR count). The fraction of sp³-hybridized carbons (Fsp3) is 0.458. The number of aryl methyl sites for hydroxylation is 1. The minimum Gasteiger partial charge on any atom is -0.497 e. The number of nitrogens with zero attached hydrogens (tertiary/aromatic N) is 5. The van der Waals surface area contributed by atoms with Crippen molar-refractivity contribution in [2.24, 2.45) is 0 Å². The van der Waals surface area contributed by atoms with Crippen LogP contribution in [-0.2, 0) is 6.42 Å². The van der Waals surface area contributed by atoms with Gasteiger partial charge in [0, 0.05) is 18.2 Å². The summed E-state index contributed by atoms with van der Waals surface area (Å²) in [5, 5.41) is 5.86. The highest BCUT2D eigenvalue weighted by Crippen LogP contribution is 2.35. The highest BCUT2D eigenvalue weighted by molar-refractivity contribution is 5.94. The molecule has 0 bridgehead atoms. The van der Waals surface area contributed by atoms with Crippen LogP contribution in [0, 0.1) is 13.8 Å². The van der Waals surface area contributed by atoms with Gasteiger partial charge in [0.2, 0.25) is 0 Å². The topological polar surface area (TPSA) is 57.2 Å². The maximum absolute atomic E-state index is 5.25. The Kier molecular flexibility index (Phi) is 4.93. The summed E-state index contributed by atoms with van der Waals surface area (Å²) >= 11 is 0. The largest absolute Gasteiger partial charge is 0.497 e. The lowest BCUT2D eigenvalue weighted by Crippen LogP contribution is -2.10. The normalized spacial score (nSPS) is 15.7. The van der Waals surface area contributed by atoms with Crippen LogP contribution in [0.2, 0.25) is 0 Å². The van der Waals surface area contributed by atoms with E-state index in [1.807, 2.05) is 23.0 Å². The summed E-state index contributed by atoms with van der Waals surface area (Å²) in [7, 11) is 1.68. The lowest BCUT2D eigenvalue weighted by atomic mass is 10.1. The summed E-state index contributed by atoms with van der Waals surface area (Å²) in [6.07, 6.45) is 10.3. The maximum atomic E-state index is 5.25. The van der Waals surface area contributed by atoms with Crippen molar-refractivity contribution >= 4 is 16.7 Å². The van der Waals surface area contributed by atoms with Gasteiger partial charge in [0.1, 0.15) is 17.7 Å². The molecule has 6 nitrogen and oxygen atoms in total. The molecule has 0 spiro atoms. The second kappa shape index (κ2) is 7.74. The zero-order valence-corrected chi connectivity index (χ0v) is 18.1. The highest BCUT2D eigenvalue weighted by Gasteiger charge is 2.23. The van der Waals surface area contributed by atoms with E-state index in [1.165, 1.54) is 55.3 Å². The fourth-order valence-electron chi connectivity index (χ4n) is 4.89. The molecule has 6 heteroatoms. The smallest absolute Gasteiger partial charge is 0.168 e. The van der Waals surface area contributed by atoms with Crippen molar-refractivity contribution in [3.8, 4) is 5.75 Å². The van der Waals surface area contributed by atoms with E-state index in [1.54, 1.807) is 7.11 Å². The Labute approximate surface area is 176 Å². The molecule has 1 aromatic carbocycles. The van der Waals surface area contributed by atoms with Crippen LogP contribution in [-0.4, -0.2) is 31.3 Å². The number of fused-ring (bicyclic) bond motifs is 3. The number of benzene rings is 1. The van der Waals surface area contributed by atoms with Crippen molar-refractivity contribution in [2.75, 3.05) is 7.11 Å². The van der Waals surface area contributed by atoms with Crippen LogP contribution in [0.5, 0.6) is 5.75 Å². The standard InChI is InChI=1S/C24H29N5O/c1-16-17(2)29(19-8-6-4-5-7-9-19)23-22(16)24-26-21(27-28(24)15-25-23)14-18-10-12-20(30-3)13-11-18/h10-13,15,19H,4-9,14H2,1-3H3. The van der Waals surface area contributed by atoms with E-state index >= 15 is 0 Å². The molecule has 1 aliphatic carbocycles. The third kappa shape index (κ3) is 3.24. The molecular formula is C24H29N5O. The number of hydrogen-bond acceptors (Lipinski definition) is 4. The molecule has 0 atom stereocenters. The Hall–Kier alpha value is -2.89. The van der Waals surface area contributed by atoms with Crippen molar-refractivity contribution in [1.29, 1.82) is 0 Å². The molecule has 0 saturated heterocycles. The summed E-state index contributed by atoms with van der Waals surface area (Å²) in [6.45, 7) is 4.43. The van der Waals surface area contributed by atoms with Crippen LogP contribution in [0.15, 0.2) is 30.6 Å². The second-order valence-corrected chi connectivity index (χ2v) is 8.49. The molecule has 0 unspecified atom stereocenters. The van der Waals surface area contributed by atoms with E-state index in [9.17, 15) is 0 Å². The molecular weight excluding hydrogens is 374 g/mol. The number of rotatable bonds is 4. The molecule has 0 N–H and O–H groups in total. The Morgan fingerprint density at radius 2 is 1.73 bits per heavy atom. The molecule has 0 radical (unpaired) electrons. The van der Waals surface area contributed by atoms with Crippen molar-refractivity contribution in [3.05, 3.63) is 53.2 Å². The summed E-state index contributed by atoms with van der Waals surface area (Å²) in [6, 6.07) is 8.63. The SMILES string of the molecule is COc1ccc(Cc2nc3c4c(C)c(C)n(C5CCCCCC5)c4ncn3n2)cc1. The quantitative estimate of drug-likeness (QED) is 0.440. The van der Waals surface area contributed by atoms with Gasteiger partial charge in [-0.15, -0.1) is 5.10 Å². The Balaban J connectivity index is 1.56. The number of hydrogen-bond donors (Lipinski definition) is 0. The van der Waals surface area contributed by atoms with Crippen LogP contribution in [0.1, 0.15) is 67.2 Å². The van der Waals surface area contributed by atoms with Gasteiger partial charge in [-0.3, -0.25) is 0 Å². The Morgan fingerprint density at radius 3 is 2.43 bits per heavy atom. The number of ether oxygens (including phenoxy) is 1. The molecule has 1 fully saturated rings. The third-order valence-electron chi connectivity index (χ3n) is 6.63. The first-order valence-electron chi connectivity index (χ1n) is 11.0. The lowest BCUT2D eigenvalue weighted by Gasteiger charge is -2.19. The summed E-state index contributed by atoms with van der Waals surface area (Å²) in [5.74, 6) is 1.67. The minimum absolute atomic E-state index is 0.542. The minimum atomic E-state index is 0.542. The van der Waals surface area contributed by atoms with Gasteiger partial charge in [0.25, 0.3) is 0 Å². The van der Waals surface area contributed by atoms with Crippen molar-refractivity contribution < 1.29 is 4.74 Å². The van der Waals surface area contributed by atoms with Gasteiger partial charge in [-0.1, -0.05) is 37.8 Å². The van der Waals surface area contributed by atoms with Crippen LogP contribution in [0.4, 0.5) is 0 Å². The van der Waals surface area contributed by atoms with Gasteiger partial charge in [-0.05, 0) is 49.9 Å². The van der Waals surface area contributed by atoms with Crippen LogP contribution < -0.4 is 4.74 Å². The highest BCUT2D eigenvalue weighted by atomic mass is 16.5. The first kappa shape index (κ1) is 19.1. The van der Waals surface area contributed by atoms with Gasteiger partial charge < -0.3 is 9.30 Å². The van der Waals surface area contributed by atoms with Crippen molar-refractivity contribution in [3.63, 3.8) is 0 Å². The predicted octanol–water partition coefficient (Wildman–Crippen LogP) is 5.19. The van der Waals surface area contributed by atoms with Gasteiger partial charge in [-0.2, -0.15) is 0 Å². The summed E-state index contributed by atoms with van der Waals surface area (Å²) < 4.78 is 9.57. The van der Waals surface area contributed by atoms with Gasteiger partial charge in [0.15, 0.2) is 11.5 Å². The van der Waals surface area contributed by atoms with E-state index in [0.717, 1.165) is 28.3 Å². The van der Waals surface area contributed by atoms with Gasteiger partial charge in [0.05, 0.1) is 12.5 Å². The second-order valence-electron chi connectivity index (χ2n) is 8.49. The molecule has 1 saturated carbocycles. The fourth-order valence-corrected chi connectivity index (χ4v) is 4.89. The average molecular weight is 404 g/mol. The van der Waals surface area contributed by atoms with E-state index in [4.69, 9.17) is 19.8 Å². The maximum Gasteiger partial charge on any atom is 0.168 e. The molecule has 3 aromatic heterocycles. The zero-order valence-electron chi connectivity index (χ0n) is 18.1.